The van der Waals surface area contributed by atoms with Crippen LogP contribution >= 0.6 is 0 Å². The van der Waals surface area contributed by atoms with Crippen LogP contribution < -0.4 is 16.4 Å². The second kappa shape index (κ2) is 7.53. The van der Waals surface area contributed by atoms with Crippen molar-refractivity contribution >= 4 is 11.8 Å². The molecule has 1 aromatic rings. The molecule has 0 radical (unpaired) electrons. The fraction of sp³-hybridized carbons (Fsp3) is 0.429. The molecule has 5 heteroatoms. The van der Waals surface area contributed by atoms with E-state index < -0.39 is 5.91 Å². The number of amides is 2. The van der Waals surface area contributed by atoms with Crippen molar-refractivity contribution < 1.29 is 9.59 Å². The number of carbonyl (C=O) groups is 2. The highest BCUT2D eigenvalue weighted by molar-refractivity contribution is 5.92. The Hall–Kier alpha value is -1.88. The molecular formula is C14H21N3O2. The SMILES string of the molecule is CC(C)C(=O)NCCNCc1ccc(C(N)=O)cc1. The molecule has 0 aliphatic rings. The van der Waals surface area contributed by atoms with Crippen LogP contribution in [0.5, 0.6) is 0 Å². The third kappa shape index (κ3) is 5.52. The Bertz CT molecular complexity index is 427. The van der Waals surface area contributed by atoms with Crippen molar-refractivity contribution in [3.8, 4) is 0 Å². The highest BCUT2D eigenvalue weighted by atomic mass is 16.2. The quantitative estimate of drug-likeness (QED) is 0.631. The molecule has 0 aliphatic carbocycles. The zero-order valence-corrected chi connectivity index (χ0v) is 11.4. The molecule has 19 heavy (non-hydrogen) atoms. The fourth-order valence-corrected chi connectivity index (χ4v) is 1.50. The van der Waals surface area contributed by atoms with Crippen LogP contribution in [0, 0.1) is 5.92 Å². The molecule has 0 bridgehead atoms. The molecular weight excluding hydrogens is 242 g/mol. The van der Waals surface area contributed by atoms with Gasteiger partial charge < -0.3 is 16.4 Å². The summed E-state index contributed by atoms with van der Waals surface area (Å²) >= 11 is 0. The van der Waals surface area contributed by atoms with Crippen LogP contribution in [-0.2, 0) is 11.3 Å². The minimum atomic E-state index is -0.420. The lowest BCUT2D eigenvalue weighted by Crippen LogP contribution is -2.34. The van der Waals surface area contributed by atoms with Crippen molar-refractivity contribution in [2.24, 2.45) is 11.7 Å². The topological polar surface area (TPSA) is 84.2 Å². The van der Waals surface area contributed by atoms with E-state index in [0.717, 1.165) is 5.56 Å². The first kappa shape index (κ1) is 15.2. The standard InChI is InChI=1S/C14H21N3O2/c1-10(2)14(19)17-8-7-16-9-11-3-5-12(6-4-11)13(15)18/h3-6,10,16H,7-9H2,1-2H3,(H2,15,18)(H,17,19). The lowest BCUT2D eigenvalue weighted by Gasteiger charge is -2.08. The molecule has 0 atom stereocenters. The molecule has 5 nitrogen and oxygen atoms in total. The highest BCUT2D eigenvalue weighted by Crippen LogP contribution is 2.03. The van der Waals surface area contributed by atoms with Crippen LogP contribution in [0.4, 0.5) is 0 Å². The van der Waals surface area contributed by atoms with Gasteiger partial charge in [-0.2, -0.15) is 0 Å². The van der Waals surface area contributed by atoms with Crippen LogP contribution in [0.1, 0.15) is 29.8 Å². The largest absolute Gasteiger partial charge is 0.366 e. The number of nitrogens with two attached hydrogens (primary N) is 1. The molecule has 2 amide bonds. The van der Waals surface area contributed by atoms with E-state index in [1.54, 1.807) is 12.1 Å². The maximum atomic E-state index is 11.3. The summed E-state index contributed by atoms with van der Waals surface area (Å²) in [5, 5.41) is 6.04. The maximum Gasteiger partial charge on any atom is 0.248 e. The minimum Gasteiger partial charge on any atom is -0.366 e. The Morgan fingerprint density at radius 3 is 2.32 bits per heavy atom. The van der Waals surface area contributed by atoms with E-state index in [9.17, 15) is 9.59 Å². The Morgan fingerprint density at radius 2 is 1.79 bits per heavy atom. The van der Waals surface area contributed by atoms with Crippen LogP contribution in [0.25, 0.3) is 0 Å². The number of rotatable bonds is 7. The number of primary amides is 1. The summed E-state index contributed by atoms with van der Waals surface area (Å²) in [6.45, 7) is 5.73. The van der Waals surface area contributed by atoms with Crippen molar-refractivity contribution in [3.05, 3.63) is 35.4 Å². The predicted molar refractivity (Wildman–Crippen MR) is 74.5 cm³/mol. The van der Waals surface area contributed by atoms with Gasteiger partial charge in [0.25, 0.3) is 0 Å². The van der Waals surface area contributed by atoms with Crippen LogP contribution in [0.15, 0.2) is 24.3 Å². The monoisotopic (exact) mass is 263 g/mol. The van der Waals surface area contributed by atoms with E-state index in [4.69, 9.17) is 5.73 Å². The first-order valence-corrected chi connectivity index (χ1v) is 6.38. The third-order valence-electron chi connectivity index (χ3n) is 2.69. The summed E-state index contributed by atoms with van der Waals surface area (Å²) in [6.07, 6.45) is 0. The first-order chi connectivity index (χ1) is 9.00. The van der Waals surface area contributed by atoms with Crippen LogP contribution in [0.3, 0.4) is 0 Å². The Morgan fingerprint density at radius 1 is 1.16 bits per heavy atom. The molecule has 0 unspecified atom stereocenters. The smallest absolute Gasteiger partial charge is 0.248 e. The first-order valence-electron chi connectivity index (χ1n) is 6.38. The van der Waals surface area contributed by atoms with Crippen LogP contribution in [0.2, 0.25) is 0 Å². The van der Waals surface area contributed by atoms with Gasteiger partial charge in [0.15, 0.2) is 0 Å². The fourth-order valence-electron chi connectivity index (χ4n) is 1.50. The van der Waals surface area contributed by atoms with E-state index in [1.165, 1.54) is 0 Å². The maximum absolute atomic E-state index is 11.3. The molecule has 0 aromatic heterocycles. The second-order valence-electron chi connectivity index (χ2n) is 4.68. The zero-order valence-electron chi connectivity index (χ0n) is 11.4. The second-order valence-corrected chi connectivity index (χ2v) is 4.68. The van der Waals surface area contributed by atoms with Crippen molar-refractivity contribution in [1.29, 1.82) is 0 Å². The number of carbonyl (C=O) groups excluding carboxylic acids is 2. The number of nitrogens with one attached hydrogen (secondary N) is 2. The summed E-state index contributed by atoms with van der Waals surface area (Å²) < 4.78 is 0. The lowest BCUT2D eigenvalue weighted by molar-refractivity contribution is -0.123. The Balaban J connectivity index is 2.22. The molecule has 0 fully saturated rings. The number of hydrogen-bond donors (Lipinski definition) is 3. The third-order valence-corrected chi connectivity index (χ3v) is 2.69. The number of benzene rings is 1. The summed E-state index contributed by atoms with van der Waals surface area (Å²) in [7, 11) is 0. The van der Waals surface area contributed by atoms with E-state index in [0.29, 0.717) is 25.2 Å². The van der Waals surface area contributed by atoms with E-state index >= 15 is 0 Å². The van der Waals surface area contributed by atoms with Crippen LogP contribution in [-0.4, -0.2) is 24.9 Å². The highest BCUT2D eigenvalue weighted by Gasteiger charge is 2.04. The van der Waals surface area contributed by atoms with Crippen molar-refractivity contribution in [2.45, 2.75) is 20.4 Å². The average Bonchev–Trinajstić information content (AvgIpc) is 2.38. The molecule has 1 aromatic carbocycles. The van der Waals surface area contributed by atoms with Gasteiger partial charge in [-0.25, -0.2) is 0 Å². The zero-order chi connectivity index (χ0) is 14.3. The van der Waals surface area contributed by atoms with Crippen molar-refractivity contribution in [3.63, 3.8) is 0 Å². The van der Waals surface area contributed by atoms with E-state index in [-0.39, 0.29) is 11.8 Å². The predicted octanol–water partition coefficient (Wildman–Crippen LogP) is 0.647. The van der Waals surface area contributed by atoms with Gasteiger partial charge in [-0.1, -0.05) is 26.0 Å². The number of hydrogen-bond acceptors (Lipinski definition) is 3. The van der Waals surface area contributed by atoms with Gasteiger partial charge >= 0.3 is 0 Å². The van der Waals surface area contributed by atoms with Gasteiger partial charge in [-0.05, 0) is 17.7 Å². The van der Waals surface area contributed by atoms with Gasteiger partial charge in [-0.3, -0.25) is 9.59 Å². The van der Waals surface area contributed by atoms with Gasteiger partial charge in [0.2, 0.25) is 11.8 Å². The molecule has 0 aliphatic heterocycles. The Labute approximate surface area is 113 Å². The molecule has 104 valence electrons. The van der Waals surface area contributed by atoms with Gasteiger partial charge in [0.05, 0.1) is 0 Å². The molecule has 0 saturated heterocycles. The summed E-state index contributed by atoms with van der Waals surface area (Å²) in [4.78, 5) is 22.2. The summed E-state index contributed by atoms with van der Waals surface area (Å²) in [5.41, 5.74) is 6.74. The van der Waals surface area contributed by atoms with Gasteiger partial charge in [-0.15, -0.1) is 0 Å². The molecule has 0 heterocycles. The van der Waals surface area contributed by atoms with Gasteiger partial charge in [0.1, 0.15) is 0 Å². The summed E-state index contributed by atoms with van der Waals surface area (Å²) in [6, 6.07) is 7.14. The van der Waals surface area contributed by atoms with E-state index in [2.05, 4.69) is 10.6 Å². The minimum absolute atomic E-state index is 0.0151. The van der Waals surface area contributed by atoms with Crippen molar-refractivity contribution in [2.75, 3.05) is 13.1 Å². The van der Waals surface area contributed by atoms with Gasteiger partial charge in [0, 0.05) is 31.1 Å². The van der Waals surface area contributed by atoms with Crippen molar-refractivity contribution in [1.82, 2.24) is 10.6 Å². The lowest BCUT2D eigenvalue weighted by atomic mass is 10.1. The summed E-state index contributed by atoms with van der Waals surface area (Å²) in [5.74, 6) is -0.343. The Kier molecular flexibility index (Phi) is 6.02. The normalized spacial score (nSPS) is 10.5. The molecule has 4 N–H and O–H groups in total. The van der Waals surface area contributed by atoms with E-state index in [1.807, 2.05) is 26.0 Å². The molecule has 1 rings (SSSR count). The molecule has 0 saturated carbocycles. The average molecular weight is 263 g/mol. The molecule has 0 spiro atoms.